The van der Waals surface area contributed by atoms with Gasteiger partial charge in [0.1, 0.15) is 4.90 Å². The zero-order valence-electron chi connectivity index (χ0n) is 8.64. The maximum absolute atomic E-state index is 11.5. The van der Waals surface area contributed by atoms with Gasteiger partial charge in [0.2, 0.25) is 0 Å². The highest BCUT2D eigenvalue weighted by atomic mass is 32.2. The van der Waals surface area contributed by atoms with Crippen molar-refractivity contribution in [3.05, 3.63) is 33.7 Å². The molecule has 0 saturated carbocycles. The highest BCUT2D eigenvalue weighted by Crippen LogP contribution is 2.23. The highest BCUT2D eigenvalue weighted by Gasteiger charge is 2.22. The zero-order chi connectivity index (χ0) is 11.6. The van der Waals surface area contributed by atoms with Gasteiger partial charge in [0, 0.05) is 0 Å². The summed E-state index contributed by atoms with van der Waals surface area (Å²) in [4.78, 5) is 9.84. The predicted octanol–water partition coefficient (Wildman–Crippen LogP) is 2.00. The molecule has 0 atom stereocenters. The lowest BCUT2D eigenvalue weighted by Gasteiger charge is -2.08. The summed E-state index contributed by atoms with van der Waals surface area (Å²) >= 11 is 0. The normalized spacial score (nSPS) is 11.1. The minimum Gasteiger partial charge on any atom is -0.228 e. The molecule has 1 aromatic rings. The molecule has 0 aliphatic rings. The quantitative estimate of drug-likeness (QED) is 0.587. The molecule has 1 aromatic carbocycles. The molecular weight excluding hydrogens is 218 g/mol. The fraction of sp³-hybridized carbons (Fsp3) is 0.333. The first kappa shape index (κ1) is 11.6. The molecule has 0 aliphatic carbocycles. The molecule has 0 saturated heterocycles. The monoisotopic (exact) mass is 229 g/mol. The van der Waals surface area contributed by atoms with Crippen LogP contribution < -0.4 is 0 Å². The molecule has 0 heterocycles. The Bertz CT molecular complexity index is 470. The van der Waals surface area contributed by atoms with Crippen LogP contribution in [0.4, 0.5) is 0 Å². The van der Waals surface area contributed by atoms with Gasteiger partial charge in [-0.15, -0.1) is 4.91 Å². The molecule has 1 rings (SSSR count). The first-order valence-electron chi connectivity index (χ1n) is 4.22. The van der Waals surface area contributed by atoms with E-state index in [4.69, 9.17) is 0 Å². The summed E-state index contributed by atoms with van der Waals surface area (Å²) in [7, 11) is -4.07. The highest BCUT2D eigenvalue weighted by molar-refractivity contribution is 7.86. The van der Waals surface area contributed by atoms with Crippen LogP contribution in [-0.2, 0) is 14.4 Å². The van der Waals surface area contributed by atoms with Crippen LogP contribution in [0.2, 0.25) is 0 Å². The number of nitrogens with zero attached hydrogens (tertiary/aromatic N) is 1. The van der Waals surface area contributed by atoms with Crippen molar-refractivity contribution in [3.63, 3.8) is 0 Å². The molecule has 6 heteroatoms. The maximum Gasteiger partial charge on any atom is 0.361 e. The Morgan fingerprint density at radius 2 is 1.60 bits per heavy atom. The first-order valence-corrected chi connectivity index (χ1v) is 5.63. The van der Waals surface area contributed by atoms with Gasteiger partial charge in [0.15, 0.2) is 5.34 Å². The van der Waals surface area contributed by atoms with Crippen LogP contribution in [0.3, 0.4) is 0 Å². The second-order valence-corrected chi connectivity index (χ2v) is 4.80. The number of hydrogen-bond acceptors (Lipinski definition) is 5. The van der Waals surface area contributed by atoms with Gasteiger partial charge in [-0.2, -0.15) is 8.42 Å². The number of rotatable bonds is 3. The third kappa shape index (κ3) is 2.33. The molecule has 0 aliphatic heterocycles. The Labute approximate surface area is 88.1 Å². The predicted molar refractivity (Wildman–Crippen MR) is 54.7 cm³/mol. The van der Waals surface area contributed by atoms with Crippen molar-refractivity contribution >= 4 is 10.1 Å². The third-order valence-electron chi connectivity index (χ3n) is 1.98. The average Bonchev–Trinajstić information content (AvgIpc) is 1.99. The fourth-order valence-electron chi connectivity index (χ4n) is 1.64. The summed E-state index contributed by atoms with van der Waals surface area (Å²) in [6.45, 7) is 5.14. The lowest BCUT2D eigenvalue weighted by Crippen LogP contribution is -2.07. The van der Waals surface area contributed by atoms with Gasteiger partial charge in [-0.1, -0.05) is 17.7 Å². The summed E-state index contributed by atoms with van der Waals surface area (Å²) in [6, 6.07) is 3.40. The number of benzene rings is 1. The fourth-order valence-corrected chi connectivity index (χ4v) is 2.70. The van der Waals surface area contributed by atoms with Crippen molar-refractivity contribution in [2.45, 2.75) is 25.7 Å². The van der Waals surface area contributed by atoms with E-state index in [1.807, 2.05) is 12.3 Å². The van der Waals surface area contributed by atoms with E-state index in [9.17, 15) is 13.3 Å². The third-order valence-corrected chi connectivity index (χ3v) is 3.38. The van der Waals surface area contributed by atoms with Crippen LogP contribution in [0.25, 0.3) is 0 Å². The van der Waals surface area contributed by atoms with E-state index in [1.54, 1.807) is 26.0 Å². The van der Waals surface area contributed by atoms with Crippen LogP contribution in [0.1, 0.15) is 16.7 Å². The van der Waals surface area contributed by atoms with Gasteiger partial charge in [-0.3, -0.25) is 0 Å². The van der Waals surface area contributed by atoms with E-state index in [1.165, 1.54) is 0 Å². The van der Waals surface area contributed by atoms with Crippen molar-refractivity contribution < 1.29 is 12.7 Å². The lowest BCUT2D eigenvalue weighted by atomic mass is 10.1. The Morgan fingerprint density at radius 1 is 1.13 bits per heavy atom. The van der Waals surface area contributed by atoms with Crippen LogP contribution >= 0.6 is 0 Å². The Hall–Kier alpha value is -1.43. The Morgan fingerprint density at radius 3 is 2.00 bits per heavy atom. The molecule has 0 N–H and O–H groups in total. The molecule has 0 aromatic heterocycles. The SMILES string of the molecule is Cc1cc(C)c(S(=O)(=O)ON=O)c(C)c1. The minimum atomic E-state index is -4.07. The van der Waals surface area contributed by atoms with E-state index in [-0.39, 0.29) is 4.90 Å². The number of aryl methyl sites for hydroxylation is 3. The van der Waals surface area contributed by atoms with Gasteiger partial charge in [-0.05, 0) is 31.9 Å². The molecule has 0 unspecified atom stereocenters. The number of hydrogen-bond donors (Lipinski definition) is 0. The summed E-state index contributed by atoms with van der Waals surface area (Å²) in [5.74, 6) is 0. The molecule has 0 fully saturated rings. The van der Waals surface area contributed by atoms with Gasteiger partial charge in [-0.25, -0.2) is 4.28 Å². The summed E-state index contributed by atoms with van der Waals surface area (Å²) in [5.41, 5.74) is 2.02. The molecule has 0 radical (unpaired) electrons. The second kappa shape index (κ2) is 3.98. The van der Waals surface area contributed by atoms with Gasteiger partial charge < -0.3 is 0 Å². The lowest BCUT2D eigenvalue weighted by molar-refractivity contribution is 0.332. The summed E-state index contributed by atoms with van der Waals surface area (Å²) in [5, 5.41) is 1.95. The van der Waals surface area contributed by atoms with Gasteiger partial charge >= 0.3 is 10.1 Å². The largest absolute Gasteiger partial charge is 0.361 e. The van der Waals surface area contributed by atoms with Crippen molar-refractivity contribution in [2.24, 2.45) is 5.34 Å². The Balaban J connectivity index is 3.44. The molecule has 5 nitrogen and oxygen atoms in total. The van der Waals surface area contributed by atoms with E-state index in [0.717, 1.165) is 5.56 Å². The topological polar surface area (TPSA) is 72.8 Å². The van der Waals surface area contributed by atoms with Gasteiger partial charge in [0.25, 0.3) is 0 Å². The van der Waals surface area contributed by atoms with Crippen LogP contribution in [0, 0.1) is 25.7 Å². The minimum absolute atomic E-state index is 0.00713. The molecule has 15 heavy (non-hydrogen) atoms. The molecule has 0 spiro atoms. The smallest absolute Gasteiger partial charge is 0.228 e. The standard InChI is InChI=1S/C9H11NO4S/c1-6-4-7(2)9(8(3)5-6)15(12,13)14-10-11/h4-5H,1-3H3. The van der Waals surface area contributed by atoms with Gasteiger partial charge in [0.05, 0.1) is 0 Å². The first-order chi connectivity index (χ1) is 6.88. The maximum atomic E-state index is 11.5. The summed E-state index contributed by atoms with van der Waals surface area (Å²) < 4.78 is 26.8. The van der Waals surface area contributed by atoms with Crippen LogP contribution in [0.5, 0.6) is 0 Å². The van der Waals surface area contributed by atoms with Crippen molar-refractivity contribution in [3.8, 4) is 0 Å². The van der Waals surface area contributed by atoms with E-state index >= 15 is 0 Å². The van der Waals surface area contributed by atoms with E-state index in [2.05, 4.69) is 4.28 Å². The molecule has 0 amide bonds. The van der Waals surface area contributed by atoms with Crippen molar-refractivity contribution in [1.29, 1.82) is 0 Å². The average molecular weight is 229 g/mol. The van der Waals surface area contributed by atoms with Crippen LogP contribution in [-0.4, -0.2) is 8.42 Å². The summed E-state index contributed by atoms with van der Waals surface area (Å²) in [6.07, 6.45) is 0. The van der Waals surface area contributed by atoms with E-state index < -0.39 is 10.1 Å². The molecule has 0 bridgehead atoms. The van der Waals surface area contributed by atoms with Crippen molar-refractivity contribution in [2.75, 3.05) is 0 Å². The van der Waals surface area contributed by atoms with E-state index in [0.29, 0.717) is 11.1 Å². The van der Waals surface area contributed by atoms with Crippen molar-refractivity contribution in [1.82, 2.24) is 0 Å². The Kier molecular flexibility index (Phi) is 3.09. The zero-order valence-corrected chi connectivity index (χ0v) is 9.46. The molecular formula is C9H11NO4S. The van der Waals surface area contributed by atoms with Crippen LogP contribution in [0.15, 0.2) is 22.4 Å². The molecule has 82 valence electrons. The second-order valence-electron chi connectivity index (χ2n) is 3.33.